The molecule has 0 aromatic heterocycles. The summed E-state index contributed by atoms with van der Waals surface area (Å²) in [5.41, 5.74) is 1.03. The Kier molecular flexibility index (Phi) is 3.52. The number of rotatable bonds is 2. The van der Waals surface area contributed by atoms with Gasteiger partial charge >= 0.3 is 7.12 Å². The molecule has 0 aliphatic carbocycles. The van der Waals surface area contributed by atoms with Gasteiger partial charge in [0.15, 0.2) is 0 Å². The predicted octanol–water partition coefficient (Wildman–Crippen LogP) is 1.09. The third kappa shape index (κ3) is 4.02. The normalized spacial score (nSPS) is 11.6. The van der Waals surface area contributed by atoms with E-state index in [1.54, 1.807) is 6.07 Å². The van der Waals surface area contributed by atoms with Crippen LogP contribution in [0.1, 0.15) is 26.3 Å². The summed E-state index contributed by atoms with van der Waals surface area (Å²) in [6, 6.07) is 4.19. The molecule has 0 unspecified atom stereocenters. The molecule has 0 heterocycles. The lowest BCUT2D eigenvalue weighted by molar-refractivity contribution is 0.409. The average Bonchev–Trinajstić information content (AvgIpc) is 1.99. The number of halogens is 1. The van der Waals surface area contributed by atoms with Gasteiger partial charge in [0.25, 0.3) is 0 Å². The number of benzene rings is 1. The Morgan fingerprint density at radius 3 is 2.27 bits per heavy atom. The first-order chi connectivity index (χ1) is 6.78. The fraction of sp³-hybridized carbons (Fsp3) is 0.455. The lowest BCUT2D eigenvalue weighted by Gasteiger charge is -2.18. The van der Waals surface area contributed by atoms with E-state index in [0.717, 1.165) is 11.6 Å². The van der Waals surface area contributed by atoms with E-state index in [-0.39, 0.29) is 10.9 Å². The van der Waals surface area contributed by atoms with E-state index in [4.69, 9.17) is 10.0 Å². The van der Waals surface area contributed by atoms with Crippen molar-refractivity contribution < 1.29 is 14.4 Å². The Morgan fingerprint density at radius 1 is 1.20 bits per heavy atom. The molecule has 1 rings (SSSR count). The highest BCUT2D eigenvalue weighted by Crippen LogP contribution is 2.20. The van der Waals surface area contributed by atoms with Crippen LogP contribution in [0.25, 0.3) is 0 Å². The van der Waals surface area contributed by atoms with E-state index in [0.29, 0.717) is 6.42 Å². The van der Waals surface area contributed by atoms with Crippen LogP contribution in [0.4, 0.5) is 4.39 Å². The summed E-state index contributed by atoms with van der Waals surface area (Å²) in [4.78, 5) is 0. The summed E-state index contributed by atoms with van der Waals surface area (Å²) >= 11 is 0. The molecule has 2 N–H and O–H groups in total. The summed E-state index contributed by atoms with van der Waals surface area (Å²) < 4.78 is 13.1. The van der Waals surface area contributed by atoms with Crippen LogP contribution in [-0.4, -0.2) is 17.2 Å². The van der Waals surface area contributed by atoms with Gasteiger partial charge in [0.05, 0.1) is 0 Å². The Hall–Kier alpha value is -0.865. The molecule has 15 heavy (non-hydrogen) atoms. The maximum Gasteiger partial charge on any atom is 0.488 e. The predicted molar refractivity (Wildman–Crippen MR) is 59.4 cm³/mol. The SMILES string of the molecule is CC(C)(C)Cc1cc(F)cc(B(O)O)c1. The van der Waals surface area contributed by atoms with Crippen LogP contribution in [0.3, 0.4) is 0 Å². The Bertz CT molecular complexity index is 345. The first-order valence-corrected chi connectivity index (χ1v) is 4.93. The van der Waals surface area contributed by atoms with Crippen molar-refractivity contribution >= 4 is 12.6 Å². The van der Waals surface area contributed by atoms with Crippen molar-refractivity contribution in [2.75, 3.05) is 0 Å². The Labute approximate surface area is 89.9 Å². The van der Waals surface area contributed by atoms with Gasteiger partial charge in [0, 0.05) is 0 Å². The summed E-state index contributed by atoms with van der Waals surface area (Å²) in [6.45, 7) is 6.15. The second kappa shape index (κ2) is 4.33. The molecule has 4 heteroatoms. The molecule has 0 atom stereocenters. The fourth-order valence-corrected chi connectivity index (χ4v) is 1.54. The van der Waals surface area contributed by atoms with Crippen LogP contribution in [-0.2, 0) is 6.42 Å². The van der Waals surface area contributed by atoms with Crippen molar-refractivity contribution in [1.29, 1.82) is 0 Å². The topological polar surface area (TPSA) is 40.5 Å². The third-order valence-electron chi connectivity index (χ3n) is 2.01. The zero-order valence-electron chi connectivity index (χ0n) is 9.29. The van der Waals surface area contributed by atoms with Gasteiger partial charge in [0.2, 0.25) is 0 Å². The third-order valence-corrected chi connectivity index (χ3v) is 2.01. The molecule has 0 aliphatic heterocycles. The van der Waals surface area contributed by atoms with Gasteiger partial charge in [-0.15, -0.1) is 0 Å². The first kappa shape index (κ1) is 12.2. The molecule has 1 aromatic rings. The average molecular weight is 210 g/mol. The Balaban J connectivity index is 2.99. The molecule has 0 bridgehead atoms. The number of hydrogen-bond donors (Lipinski definition) is 2. The van der Waals surface area contributed by atoms with E-state index >= 15 is 0 Å². The molecule has 0 radical (unpaired) electrons. The summed E-state index contributed by atoms with van der Waals surface area (Å²) in [5, 5.41) is 17.9. The minimum atomic E-state index is -1.61. The second-order valence-corrected chi connectivity index (χ2v) is 5.00. The molecular formula is C11H16BFO2. The lowest BCUT2D eigenvalue weighted by atomic mass is 9.78. The highest BCUT2D eigenvalue weighted by atomic mass is 19.1. The van der Waals surface area contributed by atoms with Crippen molar-refractivity contribution in [2.24, 2.45) is 5.41 Å². The molecule has 2 nitrogen and oxygen atoms in total. The van der Waals surface area contributed by atoms with Crippen LogP contribution in [0.15, 0.2) is 18.2 Å². The van der Waals surface area contributed by atoms with Crippen molar-refractivity contribution in [2.45, 2.75) is 27.2 Å². The van der Waals surface area contributed by atoms with Gasteiger partial charge in [0.1, 0.15) is 5.82 Å². The van der Waals surface area contributed by atoms with Crippen LogP contribution in [0, 0.1) is 11.2 Å². The highest BCUT2D eigenvalue weighted by molar-refractivity contribution is 6.58. The quantitative estimate of drug-likeness (QED) is 0.717. The lowest BCUT2D eigenvalue weighted by Crippen LogP contribution is -2.30. The minimum Gasteiger partial charge on any atom is -0.423 e. The van der Waals surface area contributed by atoms with Crippen LogP contribution >= 0.6 is 0 Å². The zero-order chi connectivity index (χ0) is 11.6. The van der Waals surface area contributed by atoms with E-state index in [2.05, 4.69) is 0 Å². The largest absolute Gasteiger partial charge is 0.488 e. The first-order valence-electron chi connectivity index (χ1n) is 4.93. The van der Waals surface area contributed by atoms with Gasteiger partial charge in [-0.1, -0.05) is 26.8 Å². The van der Waals surface area contributed by atoms with E-state index in [1.807, 2.05) is 20.8 Å². The van der Waals surface area contributed by atoms with Crippen molar-refractivity contribution in [3.8, 4) is 0 Å². The van der Waals surface area contributed by atoms with Gasteiger partial charge in [-0.05, 0) is 35.0 Å². The van der Waals surface area contributed by atoms with Crippen molar-refractivity contribution in [3.63, 3.8) is 0 Å². The molecule has 0 saturated heterocycles. The highest BCUT2D eigenvalue weighted by Gasteiger charge is 2.16. The van der Waals surface area contributed by atoms with E-state index in [9.17, 15) is 4.39 Å². The summed E-state index contributed by atoms with van der Waals surface area (Å²) in [6.07, 6.45) is 0.699. The molecule has 0 saturated carbocycles. The van der Waals surface area contributed by atoms with Gasteiger partial charge in [-0.25, -0.2) is 4.39 Å². The molecular weight excluding hydrogens is 194 g/mol. The maximum atomic E-state index is 13.1. The van der Waals surface area contributed by atoms with Crippen LogP contribution in [0.2, 0.25) is 0 Å². The summed E-state index contributed by atoms with van der Waals surface area (Å²) in [5.74, 6) is -0.431. The minimum absolute atomic E-state index is 0.0471. The monoisotopic (exact) mass is 210 g/mol. The standard InChI is InChI=1S/C11H16BFO2/c1-11(2,3)7-8-4-9(12(14)15)6-10(13)5-8/h4-6,14-15H,7H2,1-3H3. The Morgan fingerprint density at radius 2 is 1.80 bits per heavy atom. The molecule has 1 aromatic carbocycles. The van der Waals surface area contributed by atoms with Gasteiger partial charge < -0.3 is 10.0 Å². The molecule has 0 fully saturated rings. The second-order valence-electron chi connectivity index (χ2n) is 5.00. The summed E-state index contributed by atoms with van der Waals surface area (Å²) in [7, 11) is -1.61. The molecule has 0 aliphatic rings. The van der Waals surface area contributed by atoms with Gasteiger partial charge in [-0.3, -0.25) is 0 Å². The van der Waals surface area contributed by atoms with Crippen LogP contribution in [0.5, 0.6) is 0 Å². The molecule has 82 valence electrons. The molecule has 0 amide bonds. The van der Waals surface area contributed by atoms with E-state index < -0.39 is 12.9 Å². The molecule has 0 spiro atoms. The fourth-order valence-electron chi connectivity index (χ4n) is 1.54. The zero-order valence-corrected chi connectivity index (χ0v) is 9.29. The van der Waals surface area contributed by atoms with Crippen LogP contribution < -0.4 is 5.46 Å². The van der Waals surface area contributed by atoms with Crippen molar-refractivity contribution in [1.82, 2.24) is 0 Å². The van der Waals surface area contributed by atoms with Crippen molar-refractivity contribution in [3.05, 3.63) is 29.6 Å². The van der Waals surface area contributed by atoms with Gasteiger partial charge in [-0.2, -0.15) is 0 Å². The number of hydrogen-bond acceptors (Lipinski definition) is 2. The maximum absolute atomic E-state index is 13.1. The smallest absolute Gasteiger partial charge is 0.423 e. The van der Waals surface area contributed by atoms with E-state index in [1.165, 1.54) is 6.07 Å².